The van der Waals surface area contributed by atoms with Crippen molar-refractivity contribution < 1.29 is 19.4 Å². The second-order valence-electron chi connectivity index (χ2n) is 4.29. The predicted octanol–water partition coefficient (Wildman–Crippen LogP) is 2.24. The van der Waals surface area contributed by atoms with E-state index in [9.17, 15) is 9.90 Å². The molecule has 0 aliphatic heterocycles. The van der Waals surface area contributed by atoms with Crippen LogP contribution in [0.25, 0.3) is 0 Å². The zero-order valence-electron chi connectivity index (χ0n) is 11.7. The number of ether oxygens (including phenoxy) is 2. The molecule has 0 aliphatic rings. The molecule has 0 aliphatic carbocycles. The van der Waals surface area contributed by atoms with Crippen molar-refractivity contribution in [3.05, 3.63) is 42.0 Å². The van der Waals surface area contributed by atoms with E-state index in [-0.39, 0.29) is 17.0 Å². The molecule has 0 unspecified atom stereocenters. The fourth-order valence-electron chi connectivity index (χ4n) is 1.83. The Bertz CT molecular complexity index is 671. The second kappa shape index (κ2) is 6.04. The number of nitrogens with two attached hydrogens (primary N) is 1. The van der Waals surface area contributed by atoms with Crippen molar-refractivity contribution in [1.82, 2.24) is 0 Å². The Morgan fingerprint density at radius 3 is 2.57 bits per heavy atom. The van der Waals surface area contributed by atoms with Crippen LogP contribution in [0.3, 0.4) is 0 Å². The second-order valence-corrected chi connectivity index (χ2v) is 4.29. The number of methoxy groups -OCH3 is 2. The van der Waals surface area contributed by atoms with E-state index in [2.05, 4.69) is 5.32 Å². The Labute approximate surface area is 122 Å². The molecule has 1 amide bonds. The molecule has 4 N–H and O–H groups in total. The van der Waals surface area contributed by atoms with Gasteiger partial charge in [-0.15, -0.1) is 0 Å². The quantitative estimate of drug-likeness (QED) is 0.592. The minimum Gasteiger partial charge on any atom is -0.508 e. The highest BCUT2D eigenvalue weighted by Crippen LogP contribution is 2.30. The standard InChI is InChI=1S/C15H16N2O4/c1-20-10-4-6-13(14(8-10)21-2)17-15(19)11-7-9(18)3-5-12(11)16/h3-8,18H,16H2,1-2H3,(H,17,19). The van der Waals surface area contributed by atoms with Crippen LogP contribution in [0.15, 0.2) is 36.4 Å². The van der Waals surface area contributed by atoms with E-state index in [1.807, 2.05) is 0 Å². The topological polar surface area (TPSA) is 93.8 Å². The molecule has 0 bridgehead atoms. The molecule has 2 aromatic carbocycles. The monoisotopic (exact) mass is 288 g/mol. The third kappa shape index (κ3) is 3.17. The molecule has 0 saturated carbocycles. The number of aromatic hydroxyl groups is 1. The van der Waals surface area contributed by atoms with Crippen LogP contribution in [-0.2, 0) is 0 Å². The van der Waals surface area contributed by atoms with Crippen LogP contribution in [0.2, 0.25) is 0 Å². The van der Waals surface area contributed by atoms with Crippen molar-refractivity contribution in [2.75, 3.05) is 25.3 Å². The lowest BCUT2D eigenvalue weighted by Gasteiger charge is -2.12. The van der Waals surface area contributed by atoms with Crippen LogP contribution >= 0.6 is 0 Å². The van der Waals surface area contributed by atoms with Gasteiger partial charge in [0.25, 0.3) is 5.91 Å². The summed E-state index contributed by atoms with van der Waals surface area (Å²) in [5, 5.41) is 12.1. The van der Waals surface area contributed by atoms with E-state index in [0.29, 0.717) is 17.2 Å². The van der Waals surface area contributed by atoms with Gasteiger partial charge in [-0.25, -0.2) is 0 Å². The summed E-state index contributed by atoms with van der Waals surface area (Å²) in [5.74, 6) is 0.603. The first-order chi connectivity index (χ1) is 10.0. The highest BCUT2D eigenvalue weighted by molar-refractivity contribution is 6.08. The summed E-state index contributed by atoms with van der Waals surface area (Å²) in [5.41, 5.74) is 6.68. The van der Waals surface area contributed by atoms with Crippen LogP contribution in [0.1, 0.15) is 10.4 Å². The van der Waals surface area contributed by atoms with Gasteiger partial charge >= 0.3 is 0 Å². The summed E-state index contributed by atoms with van der Waals surface area (Å²) in [4.78, 5) is 12.2. The average Bonchev–Trinajstić information content (AvgIpc) is 2.49. The minimum atomic E-state index is -0.438. The molecule has 110 valence electrons. The highest BCUT2D eigenvalue weighted by atomic mass is 16.5. The van der Waals surface area contributed by atoms with Crippen LogP contribution in [0.5, 0.6) is 17.2 Å². The largest absolute Gasteiger partial charge is 0.508 e. The van der Waals surface area contributed by atoms with E-state index < -0.39 is 5.91 Å². The number of phenols is 1. The van der Waals surface area contributed by atoms with E-state index in [4.69, 9.17) is 15.2 Å². The first-order valence-electron chi connectivity index (χ1n) is 6.17. The Kier molecular flexibility index (Phi) is 4.18. The van der Waals surface area contributed by atoms with Gasteiger partial charge in [0.1, 0.15) is 17.2 Å². The number of hydrogen-bond acceptors (Lipinski definition) is 5. The number of carbonyl (C=O) groups excluding carboxylic acids is 1. The molecule has 0 fully saturated rings. The first-order valence-corrected chi connectivity index (χ1v) is 6.17. The summed E-state index contributed by atoms with van der Waals surface area (Å²) in [6.45, 7) is 0. The molecule has 2 rings (SSSR count). The van der Waals surface area contributed by atoms with Crippen LogP contribution in [-0.4, -0.2) is 25.2 Å². The number of carbonyl (C=O) groups is 1. The fraction of sp³-hybridized carbons (Fsp3) is 0.133. The molecule has 2 aromatic rings. The van der Waals surface area contributed by atoms with Gasteiger partial charge in [-0.05, 0) is 30.3 Å². The molecule has 21 heavy (non-hydrogen) atoms. The van der Waals surface area contributed by atoms with Gasteiger partial charge in [-0.3, -0.25) is 4.79 Å². The number of phenolic OH excluding ortho intramolecular Hbond substituents is 1. The SMILES string of the molecule is COc1ccc(NC(=O)c2cc(O)ccc2N)c(OC)c1. The third-order valence-electron chi connectivity index (χ3n) is 2.94. The minimum absolute atomic E-state index is 0.0314. The van der Waals surface area contributed by atoms with Crippen molar-refractivity contribution in [2.24, 2.45) is 0 Å². The molecule has 0 spiro atoms. The van der Waals surface area contributed by atoms with Gasteiger partial charge in [-0.2, -0.15) is 0 Å². The Balaban J connectivity index is 2.29. The Morgan fingerprint density at radius 2 is 1.90 bits per heavy atom. The van der Waals surface area contributed by atoms with Crippen molar-refractivity contribution >= 4 is 17.3 Å². The number of nitrogens with one attached hydrogen (secondary N) is 1. The number of amides is 1. The van der Waals surface area contributed by atoms with Gasteiger partial charge < -0.3 is 25.6 Å². The normalized spacial score (nSPS) is 10.0. The molecule has 6 nitrogen and oxygen atoms in total. The fourth-order valence-corrected chi connectivity index (χ4v) is 1.83. The average molecular weight is 288 g/mol. The summed E-state index contributed by atoms with van der Waals surface area (Å²) in [6, 6.07) is 9.20. The molecular formula is C15H16N2O4. The number of nitrogen functional groups attached to an aromatic ring is 1. The van der Waals surface area contributed by atoms with Crippen LogP contribution in [0, 0.1) is 0 Å². The first kappa shape index (κ1) is 14.5. The van der Waals surface area contributed by atoms with E-state index >= 15 is 0 Å². The third-order valence-corrected chi connectivity index (χ3v) is 2.94. The maximum absolute atomic E-state index is 12.2. The van der Waals surface area contributed by atoms with Crippen molar-refractivity contribution in [3.8, 4) is 17.2 Å². The van der Waals surface area contributed by atoms with Crippen molar-refractivity contribution in [2.45, 2.75) is 0 Å². The van der Waals surface area contributed by atoms with E-state index in [1.165, 1.54) is 25.3 Å². The molecule has 6 heteroatoms. The summed E-state index contributed by atoms with van der Waals surface area (Å²) in [6.07, 6.45) is 0. The number of rotatable bonds is 4. The Morgan fingerprint density at radius 1 is 1.14 bits per heavy atom. The zero-order chi connectivity index (χ0) is 15.4. The summed E-state index contributed by atoms with van der Waals surface area (Å²) < 4.78 is 10.3. The van der Waals surface area contributed by atoms with Gasteiger partial charge in [0, 0.05) is 11.8 Å². The van der Waals surface area contributed by atoms with Gasteiger partial charge in [0.05, 0.1) is 25.5 Å². The molecule has 0 aromatic heterocycles. The van der Waals surface area contributed by atoms with Crippen LogP contribution < -0.4 is 20.5 Å². The molecule has 0 heterocycles. The molecule has 0 radical (unpaired) electrons. The highest BCUT2D eigenvalue weighted by Gasteiger charge is 2.13. The lowest BCUT2D eigenvalue weighted by atomic mass is 10.1. The molecular weight excluding hydrogens is 272 g/mol. The maximum Gasteiger partial charge on any atom is 0.257 e. The van der Waals surface area contributed by atoms with Gasteiger partial charge in [-0.1, -0.05) is 0 Å². The van der Waals surface area contributed by atoms with Gasteiger partial charge in [0.2, 0.25) is 0 Å². The Hall–Kier alpha value is -2.89. The lowest BCUT2D eigenvalue weighted by Crippen LogP contribution is -2.14. The molecule has 0 saturated heterocycles. The van der Waals surface area contributed by atoms with Crippen molar-refractivity contribution in [1.29, 1.82) is 0 Å². The summed E-state index contributed by atoms with van der Waals surface area (Å²) >= 11 is 0. The van der Waals surface area contributed by atoms with E-state index in [1.54, 1.807) is 25.3 Å². The zero-order valence-corrected chi connectivity index (χ0v) is 11.7. The summed E-state index contributed by atoms with van der Waals surface area (Å²) in [7, 11) is 3.04. The molecule has 0 atom stereocenters. The number of benzene rings is 2. The smallest absolute Gasteiger partial charge is 0.257 e. The number of hydrogen-bond donors (Lipinski definition) is 3. The van der Waals surface area contributed by atoms with E-state index in [0.717, 1.165) is 0 Å². The maximum atomic E-state index is 12.2. The van der Waals surface area contributed by atoms with Crippen molar-refractivity contribution in [3.63, 3.8) is 0 Å². The van der Waals surface area contributed by atoms with Gasteiger partial charge in [0.15, 0.2) is 0 Å². The predicted molar refractivity (Wildman–Crippen MR) is 80.0 cm³/mol. The lowest BCUT2D eigenvalue weighted by molar-refractivity contribution is 0.102. The number of anilines is 2. The van der Waals surface area contributed by atoms with Crippen LogP contribution in [0.4, 0.5) is 11.4 Å².